The highest BCUT2D eigenvalue weighted by Crippen LogP contribution is 2.23. The summed E-state index contributed by atoms with van der Waals surface area (Å²) in [6.45, 7) is 2.45. The molecule has 0 fully saturated rings. The number of anilines is 1. The molecule has 0 saturated heterocycles. The van der Waals surface area contributed by atoms with Gasteiger partial charge in [0.25, 0.3) is 5.91 Å². The average Bonchev–Trinajstić information content (AvgIpc) is 2.97. The fourth-order valence-corrected chi connectivity index (χ4v) is 2.79. The van der Waals surface area contributed by atoms with Crippen LogP contribution in [0.1, 0.15) is 21.6 Å². The topological polar surface area (TPSA) is 56.1 Å². The van der Waals surface area contributed by atoms with E-state index in [0.717, 1.165) is 11.3 Å². The van der Waals surface area contributed by atoms with Crippen LogP contribution in [0.2, 0.25) is 10.0 Å². The van der Waals surface area contributed by atoms with Crippen LogP contribution in [0.3, 0.4) is 0 Å². The maximum Gasteiger partial charge on any atom is 0.256 e. The van der Waals surface area contributed by atoms with Gasteiger partial charge in [0, 0.05) is 17.3 Å². The molecule has 0 radical (unpaired) electrons. The van der Waals surface area contributed by atoms with E-state index in [1.165, 1.54) is 0 Å². The summed E-state index contributed by atoms with van der Waals surface area (Å²) < 4.78 is 6.89. The summed E-state index contributed by atoms with van der Waals surface area (Å²) in [5.74, 6) is 0.957. The molecule has 2 aromatic carbocycles. The molecule has 0 spiro atoms. The second kappa shape index (κ2) is 7.81. The Kier molecular flexibility index (Phi) is 5.49. The Morgan fingerprint density at radius 2 is 1.85 bits per heavy atom. The summed E-state index contributed by atoms with van der Waals surface area (Å²) in [7, 11) is 1.58. The second-order valence-electron chi connectivity index (χ2n) is 5.76. The van der Waals surface area contributed by atoms with Gasteiger partial charge in [-0.05, 0) is 48.9 Å². The number of halogens is 2. The lowest BCUT2D eigenvalue weighted by Gasteiger charge is -2.06. The smallest absolute Gasteiger partial charge is 0.256 e. The Hall–Kier alpha value is -2.50. The van der Waals surface area contributed by atoms with Gasteiger partial charge in [-0.2, -0.15) is 5.10 Å². The Balaban J connectivity index is 1.72. The number of ether oxygens (including phenoxy) is 1. The van der Waals surface area contributed by atoms with Gasteiger partial charge >= 0.3 is 0 Å². The number of amides is 1. The molecule has 134 valence electrons. The van der Waals surface area contributed by atoms with Crippen LogP contribution < -0.4 is 10.1 Å². The highest BCUT2D eigenvalue weighted by molar-refractivity contribution is 6.42. The van der Waals surface area contributed by atoms with Crippen LogP contribution in [0.15, 0.2) is 48.5 Å². The Labute approximate surface area is 161 Å². The monoisotopic (exact) mass is 389 g/mol. The first-order valence-electron chi connectivity index (χ1n) is 7.90. The zero-order valence-corrected chi connectivity index (χ0v) is 15.8. The van der Waals surface area contributed by atoms with E-state index in [0.29, 0.717) is 33.7 Å². The maximum atomic E-state index is 12.3. The third-order valence-electron chi connectivity index (χ3n) is 3.89. The molecule has 26 heavy (non-hydrogen) atoms. The summed E-state index contributed by atoms with van der Waals surface area (Å²) in [6.07, 6.45) is 0. The molecule has 3 rings (SSSR count). The maximum absolute atomic E-state index is 12.3. The van der Waals surface area contributed by atoms with Crippen molar-refractivity contribution in [2.45, 2.75) is 13.5 Å². The molecule has 0 unspecified atom stereocenters. The van der Waals surface area contributed by atoms with E-state index in [4.69, 9.17) is 27.9 Å². The van der Waals surface area contributed by atoms with Crippen LogP contribution in [0.25, 0.3) is 0 Å². The minimum absolute atomic E-state index is 0.230. The fraction of sp³-hybridized carbons (Fsp3) is 0.158. The molecular weight excluding hydrogens is 373 g/mol. The number of methoxy groups -OCH3 is 1. The number of hydrogen-bond donors (Lipinski definition) is 1. The van der Waals surface area contributed by atoms with E-state index < -0.39 is 0 Å². The van der Waals surface area contributed by atoms with Crippen molar-refractivity contribution in [3.8, 4) is 5.75 Å². The van der Waals surface area contributed by atoms with Gasteiger partial charge < -0.3 is 10.1 Å². The first kappa shape index (κ1) is 18.3. The number of benzene rings is 2. The minimum atomic E-state index is -0.230. The van der Waals surface area contributed by atoms with Crippen molar-refractivity contribution in [1.82, 2.24) is 9.78 Å². The van der Waals surface area contributed by atoms with E-state index in [9.17, 15) is 4.79 Å². The molecule has 0 atom stereocenters. The highest BCUT2D eigenvalue weighted by Gasteiger charge is 2.11. The third kappa shape index (κ3) is 4.18. The molecule has 7 heteroatoms. The van der Waals surface area contributed by atoms with Crippen molar-refractivity contribution < 1.29 is 9.53 Å². The largest absolute Gasteiger partial charge is 0.497 e. The van der Waals surface area contributed by atoms with Crippen molar-refractivity contribution in [1.29, 1.82) is 0 Å². The van der Waals surface area contributed by atoms with Gasteiger partial charge in [0.15, 0.2) is 5.82 Å². The van der Waals surface area contributed by atoms with Crippen LogP contribution in [0.4, 0.5) is 5.82 Å². The molecule has 1 aromatic heterocycles. The van der Waals surface area contributed by atoms with Gasteiger partial charge in [-0.25, -0.2) is 0 Å². The van der Waals surface area contributed by atoms with Crippen molar-refractivity contribution in [3.63, 3.8) is 0 Å². The van der Waals surface area contributed by atoms with Crippen LogP contribution in [-0.4, -0.2) is 22.8 Å². The molecule has 3 aromatic rings. The number of aromatic nitrogens is 2. The molecule has 1 N–H and O–H groups in total. The summed E-state index contributed by atoms with van der Waals surface area (Å²) >= 11 is 12.0. The van der Waals surface area contributed by atoms with E-state index in [2.05, 4.69) is 10.4 Å². The molecule has 1 heterocycles. The standard InChI is InChI=1S/C19H17Cl2N3O2/c1-12-9-18(22-19(25)14-4-6-15(26-2)7-5-14)23-24(12)11-13-3-8-16(20)17(21)10-13/h3-10H,11H2,1-2H3,(H,22,23,25). The normalized spacial score (nSPS) is 10.6. The van der Waals surface area contributed by atoms with Crippen LogP contribution in [-0.2, 0) is 6.54 Å². The van der Waals surface area contributed by atoms with Gasteiger partial charge in [-0.15, -0.1) is 0 Å². The number of rotatable bonds is 5. The Morgan fingerprint density at radius 1 is 1.12 bits per heavy atom. The average molecular weight is 390 g/mol. The lowest BCUT2D eigenvalue weighted by atomic mass is 10.2. The SMILES string of the molecule is COc1ccc(C(=O)Nc2cc(C)n(Cc3ccc(Cl)c(Cl)c3)n2)cc1. The van der Waals surface area contributed by atoms with Gasteiger partial charge in [-0.1, -0.05) is 29.3 Å². The number of nitrogens with zero attached hydrogens (tertiary/aromatic N) is 2. The molecule has 0 saturated carbocycles. The molecule has 1 amide bonds. The van der Waals surface area contributed by atoms with Crippen molar-refractivity contribution >= 4 is 34.9 Å². The Bertz CT molecular complexity index is 936. The summed E-state index contributed by atoms with van der Waals surface area (Å²) in [6, 6.07) is 14.2. The number of nitrogens with one attached hydrogen (secondary N) is 1. The lowest BCUT2D eigenvalue weighted by Crippen LogP contribution is -2.12. The summed E-state index contributed by atoms with van der Waals surface area (Å²) in [5.41, 5.74) is 2.42. The van der Waals surface area contributed by atoms with E-state index in [1.54, 1.807) is 48.2 Å². The minimum Gasteiger partial charge on any atom is -0.497 e. The predicted molar refractivity (Wildman–Crippen MR) is 103 cm³/mol. The molecule has 0 aliphatic carbocycles. The first-order valence-corrected chi connectivity index (χ1v) is 8.65. The summed E-state index contributed by atoms with van der Waals surface area (Å²) in [4.78, 5) is 12.3. The third-order valence-corrected chi connectivity index (χ3v) is 4.63. The molecular formula is C19H17Cl2N3O2. The summed E-state index contributed by atoms with van der Waals surface area (Å²) in [5, 5.41) is 8.26. The van der Waals surface area contributed by atoms with Crippen molar-refractivity contribution in [2.75, 3.05) is 12.4 Å². The van der Waals surface area contributed by atoms with E-state index in [-0.39, 0.29) is 5.91 Å². The lowest BCUT2D eigenvalue weighted by molar-refractivity contribution is 0.102. The van der Waals surface area contributed by atoms with Gasteiger partial charge in [-0.3, -0.25) is 9.48 Å². The van der Waals surface area contributed by atoms with Crippen molar-refractivity contribution in [2.24, 2.45) is 0 Å². The van der Waals surface area contributed by atoms with Crippen LogP contribution in [0.5, 0.6) is 5.75 Å². The van der Waals surface area contributed by atoms with E-state index >= 15 is 0 Å². The molecule has 0 aliphatic rings. The van der Waals surface area contributed by atoms with Crippen molar-refractivity contribution in [3.05, 3.63) is 75.4 Å². The highest BCUT2D eigenvalue weighted by atomic mass is 35.5. The number of carbonyl (C=O) groups is 1. The zero-order valence-electron chi connectivity index (χ0n) is 14.3. The van der Waals surface area contributed by atoms with Gasteiger partial charge in [0.1, 0.15) is 5.75 Å². The molecule has 0 bridgehead atoms. The Morgan fingerprint density at radius 3 is 2.50 bits per heavy atom. The quantitative estimate of drug-likeness (QED) is 0.681. The second-order valence-corrected chi connectivity index (χ2v) is 6.57. The number of hydrogen-bond acceptors (Lipinski definition) is 3. The molecule has 5 nitrogen and oxygen atoms in total. The number of aryl methyl sites for hydroxylation is 1. The fourth-order valence-electron chi connectivity index (χ4n) is 2.47. The van der Waals surface area contributed by atoms with Gasteiger partial charge in [0.2, 0.25) is 0 Å². The zero-order chi connectivity index (χ0) is 18.7. The van der Waals surface area contributed by atoms with Crippen LogP contribution >= 0.6 is 23.2 Å². The molecule has 0 aliphatic heterocycles. The van der Waals surface area contributed by atoms with Gasteiger partial charge in [0.05, 0.1) is 23.7 Å². The van der Waals surface area contributed by atoms with E-state index in [1.807, 2.05) is 19.1 Å². The predicted octanol–water partition coefficient (Wildman–Crippen LogP) is 4.81. The number of carbonyl (C=O) groups excluding carboxylic acids is 1. The first-order chi connectivity index (χ1) is 12.5. The van der Waals surface area contributed by atoms with Crippen LogP contribution in [0, 0.1) is 6.92 Å².